The molecule has 20 heavy (non-hydrogen) atoms. The van der Waals surface area contributed by atoms with Gasteiger partial charge in [-0.25, -0.2) is 4.98 Å². The number of hydrogen-bond acceptors (Lipinski definition) is 2. The number of aromatic nitrogens is 2. The monoisotopic (exact) mass is 284 g/mol. The van der Waals surface area contributed by atoms with Crippen LogP contribution in [-0.2, 0) is 6.54 Å². The van der Waals surface area contributed by atoms with Gasteiger partial charge in [-0.15, -0.1) is 0 Å². The topological polar surface area (TPSA) is 34.9 Å². The molecule has 1 aromatic heterocycles. The van der Waals surface area contributed by atoms with Gasteiger partial charge >= 0.3 is 0 Å². The summed E-state index contributed by atoms with van der Waals surface area (Å²) >= 11 is 5.95. The Morgan fingerprint density at radius 2 is 2.05 bits per heavy atom. The highest BCUT2D eigenvalue weighted by atomic mass is 35.5. The molecule has 100 valence electrons. The maximum Gasteiger partial charge on any atom is 0.261 e. The molecule has 0 aliphatic heterocycles. The van der Waals surface area contributed by atoms with Gasteiger partial charge in [0.15, 0.2) is 0 Å². The second kappa shape index (κ2) is 5.10. The van der Waals surface area contributed by atoms with E-state index in [0.29, 0.717) is 22.5 Å². The lowest BCUT2D eigenvalue weighted by Crippen LogP contribution is -2.21. The van der Waals surface area contributed by atoms with Gasteiger partial charge in [0.2, 0.25) is 0 Å². The van der Waals surface area contributed by atoms with Crippen molar-refractivity contribution in [3.05, 3.63) is 75.3 Å². The molecule has 0 bridgehead atoms. The van der Waals surface area contributed by atoms with Crippen molar-refractivity contribution in [2.75, 3.05) is 0 Å². The molecule has 0 saturated carbocycles. The van der Waals surface area contributed by atoms with Crippen molar-refractivity contribution >= 4 is 22.5 Å². The number of benzene rings is 2. The molecule has 0 amide bonds. The van der Waals surface area contributed by atoms with Gasteiger partial charge in [0.05, 0.1) is 23.8 Å². The van der Waals surface area contributed by atoms with Crippen LogP contribution in [0.1, 0.15) is 11.1 Å². The van der Waals surface area contributed by atoms with E-state index in [2.05, 4.69) is 11.1 Å². The molecular formula is C16H13ClN2O. The Kier molecular flexibility index (Phi) is 3.28. The molecule has 0 aliphatic rings. The Bertz CT molecular complexity index is 839. The van der Waals surface area contributed by atoms with Gasteiger partial charge in [-0.2, -0.15) is 0 Å². The van der Waals surface area contributed by atoms with Crippen molar-refractivity contribution < 1.29 is 0 Å². The lowest BCUT2D eigenvalue weighted by atomic mass is 10.1. The normalized spacial score (nSPS) is 10.9. The van der Waals surface area contributed by atoms with E-state index in [1.807, 2.05) is 25.1 Å². The minimum absolute atomic E-state index is 0.0704. The van der Waals surface area contributed by atoms with Crippen LogP contribution < -0.4 is 5.56 Å². The van der Waals surface area contributed by atoms with Crippen molar-refractivity contribution in [3.63, 3.8) is 0 Å². The van der Waals surface area contributed by atoms with Gasteiger partial charge in [-0.3, -0.25) is 9.36 Å². The van der Waals surface area contributed by atoms with Gasteiger partial charge in [-0.05, 0) is 30.7 Å². The summed E-state index contributed by atoms with van der Waals surface area (Å²) in [6.07, 6.45) is 1.58. The zero-order valence-electron chi connectivity index (χ0n) is 11.0. The van der Waals surface area contributed by atoms with E-state index >= 15 is 0 Å². The Morgan fingerprint density at radius 3 is 2.85 bits per heavy atom. The Balaban J connectivity index is 2.08. The summed E-state index contributed by atoms with van der Waals surface area (Å²) in [5.41, 5.74) is 2.85. The highest BCUT2D eigenvalue weighted by Crippen LogP contribution is 2.14. The summed E-state index contributed by atoms with van der Waals surface area (Å²) in [6.45, 7) is 2.54. The molecule has 0 fully saturated rings. The van der Waals surface area contributed by atoms with Crippen LogP contribution in [0.5, 0.6) is 0 Å². The third-order valence-electron chi connectivity index (χ3n) is 3.22. The van der Waals surface area contributed by atoms with Crippen LogP contribution in [0.3, 0.4) is 0 Å². The molecule has 0 N–H and O–H groups in total. The van der Waals surface area contributed by atoms with Crippen molar-refractivity contribution in [1.29, 1.82) is 0 Å². The first-order valence-electron chi connectivity index (χ1n) is 6.34. The summed E-state index contributed by atoms with van der Waals surface area (Å²) in [4.78, 5) is 16.7. The average Bonchev–Trinajstić information content (AvgIpc) is 2.43. The molecule has 2 aromatic carbocycles. The fourth-order valence-corrected chi connectivity index (χ4v) is 2.42. The smallest absolute Gasteiger partial charge is 0.261 e. The number of aryl methyl sites for hydroxylation is 1. The van der Waals surface area contributed by atoms with Crippen molar-refractivity contribution in [2.45, 2.75) is 13.5 Å². The summed E-state index contributed by atoms with van der Waals surface area (Å²) in [6, 6.07) is 13.2. The molecule has 0 radical (unpaired) electrons. The number of rotatable bonds is 2. The zero-order chi connectivity index (χ0) is 14.1. The molecular weight excluding hydrogens is 272 g/mol. The van der Waals surface area contributed by atoms with Crippen molar-refractivity contribution in [3.8, 4) is 0 Å². The standard InChI is InChI=1S/C16H13ClN2O/c1-11-3-2-4-12(7-11)9-19-10-18-15-6-5-13(17)8-14(15)16(19)20/h2-8,10H,9H2,1H3. The summed E-state index contributed by atoms with van der Waals surface area (Å²) in [7, 11) is 0. The molecule has 0 spiro atoms. The highest BCUT2D eigenvalue weighted by molar-refractivity contribution is 6.31. The van der Waals surface area contributed by atoms with Gasteiger partial charge < -0.3 is 0 Å². The fourth-order valence-electron chi connectivity index (χ4n) is 2.25. The van der Waals surface area contributed by atoms with Crippen LogP contribution in [0.2, 0.25) is 5.02 Å². The quantitative estimate of drug-likeness (QED) is 0.723. The molecule has 0 aliphatic carbocycles. The Morgan fingerprint density at radius 1 is 1.20 bits per heavy atom. The first-order chi connectivity index (χ1) is 9.63. The van der Waals surface area contributed by atoms with Gasteiger partial charge in [0, 0.05) is 5.02 Å². The SMILES string of the molecule is Cc1cccc(Cn2cnc3ccc(Cl)cc3c2=O)c1. The van der Waals surface area contributed by atoms with Gasteiger partial charge in [0.1, 0.15) is 0 Å². The minimum Gasteiger partial charge on any atom is -0.294 e. The lowest BCUT2D eigenvalue weighted by Gasteiger charge is -2.07. The van der Waals surface area contributed by atoms with E-state index in [1.165, 1.54) is 5.56 Å². The summed E-state index contributed by atoms with van der Waals surface area (Å²) in [5.74, 6) is 0. The molecule has 3 rings (SSSR count). The maximum atomic E-state index is 12.4. The van der Waals surface area contributed by atoms with Crippen LogP contribution in [0.25, 0.3) is 10.9 Å². The minimum atomic E-state index is -0.0704. The second-order valence-electron chi connectivity index (χ2n) is 4.83. The van der Waals surface area contributed by atoms with Crippen molar-refractivity contribution in [1.82, 2.24) is 9.55 Å². The van der Waals surface area contributed by atoms with E-state index < -0.39 is 0 Å². The molecule has 3 aromatic rings. The number of halogens is 1. The highest BCUT2D eigenvalue weighted by Gasteiger charge is 2.05. The number of nitrogens with zero attached hydrogens (tertiary/aromatic N) is 2. The van der Waals surface area contributed by atoms with Crippen molar-refractivity contribution in [2.24, 2.45) is 0 Å². The third-order valence-corrected chi connectivity index (χ3v) is 3.46. The number of fused-ring (bicyclic) bond motifs is 1. The first-order valence-corrected chi connectivity index (χ1v) is 6.71. The molecule has 4 heteroatoms. The summed E-state index contributed by atoms with van der Waals surface area (Å²) < 4.78 is 1.60. The molecule has 0 atom stereocenters. The van der Waals surface area contributed by atoms with Gasteiger partial charge in [-0.1, -0.05) is 41.4 Å². The van der Waals surface area contributed by atoms with Crippen LogP contribution in [-0.4, -0.2) is 9.55 Å². The maximum absolute atomic E-state index is 12.4. The van der Waals surface area contributed by atoms with Crippen LogP contribution in [0.4, 0.5) is 0 Å². The van der Waals surface area contributed by atoms with Gasteiger partial charge in [0.25, 0.3) is 5.56 Å². The zero-order valence-corrected chi connectivity index (χ0v) is 11.8. The lowest BCUT2D eigenvalue weighted by molar-refractivity contribution is 0.748. The first kappa shape index (κ1) is 12.9. The summed E-state index contributed by atoms with van der Waals surface area (Å²) in [5, 5.41) is 1.09. The largest absolute Gasteiger partial charge is 0.294 e. The van der Waals surface area contributed by atoms with E-state index in [-0.39, 0.29) is 5.56 Å². The Hall–Kier alpha value is -2.13. The Labute approximate surface area is 121 Å². The fraction of sp³-hybridized carbons (Fsp3) is 0.125. The van der Waals surface area contributed by atoms with Crippen LogP contribution in [0.15, 0.2) is 53.6 Å². The second-order valence-corrected chi connectivity index (χ2v) is 5.26. The van der Waals surface area contributed by atoms with Crippen LogP contribution >= 0.6 is 11.6 Å². The van der Waals surface area contributed by atoms with E-state index in [0.717, 1.165) is 5.56 Å². The van der Waals surface area contributed by atoms with Crippen LogP contribution in [0, 0.1) is 6.92 Å². The predicted octanol–water partition coefficient (Wildman–Crippen LogP) is 3.41. The number of hydrogen-bond donors (Lipinski definition) is 0. The van der Waals surface area contributed by atoms with E-state index in [1.54, 1.807) is 29.1 Å². The van der Waals surface area contributed by atoms with E-state index in [4.69, 9.17) is 11.6 Å². The third kappa shape index (κ3) is 2.45. The predicted molar refractivity (Wildman–Crippen MR) is 81.3 cm³/mol. The molecule has 0 saturated heterocycles. The molecule has 1 heterocycles. The average molecular weight is 285 g/mol. The van der Waals surface area contributed by atoms with E-state index in [9.17, 15) is 4.79 Å². The molecule has 0 unspecified atom stereocenters. The molecule has 3 nitrogen and oxygen atoms in total.